The quantitative estimate of drug-likeness (QED) is 0.398. The van der Waals surface area contributed by atoms with E-state index in [1.807, 2.05) is 10.9 Å². The number of aromatic amines is 1. The zero-order valence-electron chi connectivity index (χ0n) is 9.99. The maximum Gasteiger partial charge on any atom is 0.328 e. The Morgan fingerprint density at radius 3 is 2.90 bits per heavy atom. The van der Waals surface area contributed by atoms with Gasteiger partial charge in [-0.05, 0) is 0 Å². The molecule has 7 nitrogen and oxygen atoms in total. The normalized spacial score (nSPS) is 33.0. The predicted molar refractivity (Wildman–Crippen MR) is 66.6 cm³/mol. The van der Waals surface area contributed by atoms with Gasteiger partial charge in [-0.3, -0.25) is 9.55 Å². The molecule has 4 atom stereocenters. The van der Waals surface area contributed by atoms with Crippen molar-refractivity contribution in [3.05, 3.63) is 27.1 Å². The number of aliphatic hydroxyl groups excluding tert-OH is 2. The van der Waals surface area contributed by atoms with Crippen molar-refractivity contribution in [3.63, 3.8) is 0 Å². The minimum atomic E-state index is -2.29. The van der Waals surface area contributed by atoms with Crippen LogP contribution in [-0.2, 0) is 4.74 Å². The minimum Gasteiger partial charge on any atom is -0.394 e. The molecule has 9 heteroatoms. The van der Waals surface area contributed by atoms with E-state index in [1.54, 1.807) is 0 Å². The van der Waals surface area contributed by atoms with Crippen molar-refractivity contribution in [3.8, 4) is 12.3 Å². The second kappa shape index (κ2) is 5.08. The molecule has 0 aliphatic carbocycles. The molecule has 1 unspecified atom stereocenters. The van der Waals surface area contributed by atoms with Crippen LogP contribution >= 0.6 is 12.2 Å². The van der Waals surface area contributed by atoms with Gasteiger partial charge in [0, 0.05) is 0 Å². The average molecular weight is 302 g/mol. The lowest BCUT2D eigenvalue weighted by Gasteiger charge is -2.26. The Balaban J connectivity index is 2.58. The third-order valence-corrected chi connectivity index (χ3v) is 3.37. The fraction of sp³-hybridized carbons (Fsp3) is 0.455. The smallest absolute Gasteiger partial charge is 0.328 e. The van der Waals surface area contributed by atoms with Crippen LogP contribution in [0.15, 0.2) is 11.0 Å². The molecule has 0 bridgehead atoms. The zero-order chi connectivity index (χ0) is 15.1. The molecule has 1 saturated heterocycles. The molecule has 1 fully saturated rings. The maximum absolute atomic E-state index is 13.4. The number of rotatable bonds is 2. The van der Waals surface area contributed by atoms with Crippen molar-refractivity contribution in [2.24, 2.45) is 0 Å². The number of aromatic nitrogens is 2. The highest BCUT2D eigenvalue weighted by molar-refractivity contribution is 7.71. The minimum absolute atomic E-state index is 0.409. The summed E-state index contributed by atoms with van der Waals surface area (Å²) in [7, 11) is 0. The van der Waals surface area contributed by atoms with Crippen LogP contribution in [0.3, 0.4) is 0 Å². The molecule has 2 heterocycles. The molecule has 0 radical (unpaired) electrons. The van der Waals surface area contributed by atoms with Crippen molar-refractivity contribution < 1.29 is 24.4 Å². The lowest BCUT2D eigenvalue weighted by molar-refractivity contribution is -0.0768. The number of hydrogen-bond donors (Lipinski definition) is 4. The summed E-state index contributed by atoms with van der Waals surface area (Å²) < 4.78 is 18.8. The summed E-state index contributed by atoms with van der Waals surface area (Å²) >= 11 is 4.55. The summed E-state index contributed by atoms with van der Waals surface area (Å²) in [4.78, 5) is 13.8. The van der Waals surface area contributed by atoms with Crippen molar-refractivity contribution >= 4 is 12.2 Å². The molecule has 4 N–H and O–H groups in total. The van der Waals surface area contributed by atoms with Crippen LogP contribution in [0.2, 0.25) is 0 Å². The molecule has 2 rings (SSSR count). The molecule has 20 heavy (non-hydrogen) atoms. The molecule has 0 spiro atoms. The molecule has 1 aromatic rings. The summed E-state index contributed by atoms with van der Waals surface area (Å²) in [6, 6.07) is 0. The first kappa shape index (κ1) is 14.8. The van der Waals surface area contributed by atoms with Crippen LogP contribution in [0.25, 0.3) is 0 Å². The molecule has 0 aromatic carbocycles. The van der Waals surface area contributed by atoms with Crippen LogP contribution in [0.4, 0.5) is 4.39 Å². The molecule has 1 aliphatic rings. The van der Waals surface area contributed by atoms with E-state index in [1.165, 1.54) is 0 Å². The van der Waals surface area contributed by atoms with Crippen LogP contribution in [0, 0.1) is 22.8 Å². The Bertz CT molecular complexity index is 681. The first-order valence-corrected chi connectivity index (χ1v) is 5.91. The number of terminal acetylenes is 1. The molecule has 0 amide bonds. The number of ether oxygens (including phenoxy) is 1. The van der Waals surface area contributed by atoms with Crippen molar-refractivity contribution in [1.29, 1.82) is 0 Å². The van der Waals surface area contributed by atoms with Crippen molar-refractivity contribution in [2.75, 3.05) is 6.61 Å². The van der Waals surface area contributed by atoms with Gasteiger partial charge in [0.1, 0.15) is 16.8 Å². The van der Waals surface area contributed by atoms with E-state index >= 15 is 0 Å². The van der Waals surface area contributed by atoms with Gasteiger partial charge in [0.25, 0.3) is 0 Å². The Labute approximate surface area is 117 Å². The maximum atomic E-state index is 13.4. The fourth-order valence-corrected chi connectivity index (χ4v) is 2.13. The Morgan fingerprint density at radius 2 is 2.35 bits per heavy atom. The van der Waals surface area contributed by atoms with Crippen LogP contribution in [0.5, 0.6) is 0 Å². The summed E-state index contributed by atoms with van der Waals surface area (Å²) in [6.45, 7) is -0.637. The van der Waals surface area contributed by atoms with Crippen LogP contribution in [-0.4, -0.2) is 49.3 Å². The van der Waals surface area contributed by atoms with E-state index < -0.39 is 46.8 Å². The monoisotopic (exact) mass is 302 g/mol. The summed E-state index contributed by atoms with van der Waals surface area (Å²) in [5, 5.41) is 29.1. The van der Waals surface area contributed by atoms with Crippen LogP contribution < -0.4 is 5.69 Å². The van der Waals surface area contributed by atoms with Gasteiger partial charge in [0.15, 0.2) is 17.6 Å². The van der Waals surface area contributed by atoms with Gasteiger partial charge < -0.3 is 20.1 Å². The highest BCUT2D eigenvalue weighted by Gasteiger charge is 2.55. The predicted octanol–water partition coefficient (Wildman–Crippen LogP) is -1.34. The van der Waals surface area contributed by atoms with Gasteiger partial charge >= 0.3 is 5.69 Å². The second-order valence-electron chi connectivity index (χ2n) is 4.27. The summed E-state index contributed by atoms with van der Waals surface area (Å²) in [5.41, 5.74) is -3.17. The first-order valence-electron chi connectivity index (χ1n) is 5.50. The molecular formula is C11H11FN2O5S. The third-order valence-electron chi connectivity index (χ3n) is 3.07. The topological polar surface area (TPSA) is 108 Å². The van der Waals surface area contributed by atoms with E-state index in [0.717, 1.165) is 0 Å². The molecule has 0 saturated carbocycles. The summed E-state index contributed by atoms with van der Waals surface area (Å²) in [5.74, 6) is 0.985. The largest absolute Gasteiger partial charge is 0.394 e. The van der Waals surface area contributed by atoms with E-state index in [-0.39, 0.29) is 0 Å². The molecule has 1 aliphatic heterocycles. The second-order valence-corrected chi connectivity index (χ2v) is 4.68. The number of aliphatic hydroxyl groups is 3. The van der Waals surface area contributed by atoms with E-state index in [4.69, 9.17) is 16.3 Å². The Hall–Kier alpha value is -1.57. The first-order chi connectivity index (χ1) is 9.35. The Morgan fingerprint density at radius 1 is 1.70 bits per heavy atom. The standard InChI is InChI=1S/C11H11FN2O5S/c1-2-11(18)7(16)6(4-15)19-9(11)14-3-5(12)8(20)13-10(14)17/h1,3,6-7,9,15-16,18H,4H2,(H,13,17,20)/t6-,7?,9-,11-/m1/s1. The summed E-state index contributed by atoms with van der Waals surface area (Å²) in [6.07, 6.45) is 1.46. The van der Waals surface area contributed by atoms with E-state index in [0.29, 0.717) is 10.8 Å². The highest BCUT2D eigenvalue weighted by atomic mass is 32.1. The highest BCUT2D eigenvalue weighted by Crippen LogP contribution is 2.37. The van der Waals surface area contributed by atoms with E-state index in [9.17, 15) is 19.4 Å². The van der Waals surface area contributed by atoms with Gasteiger partial charge in [0.05, 0.1) is 12.8 Å². The van der Waals surface area contributed by atoms with Crippen molar-refractivity contribution in [2.45, 2.75) is 24.0 Å². The van der Waals surface area contributed by atoms with Crippen molar-refractivity contribution in [1.82, 2.24) is 9.55 Å². The van der Waals surface area contributed by atoms with Gasteiger partial charge in [-0.15, -0.1) is 6.42 Å². The lowest BCUT2D eigenvalue weighted by atomic mass is 9.95. The number of nitrogens with zero attached hydrogens (tertiary/aromatic N) is 1. The molecular weight excluding hydrogens is 291 g/mol. The van der Waals surface area contributed by atoms with Gasteiger partial charge in [-0.1, -0.05) is 18.1 Å². The lowest BCUT2D eigenvalue weighted by Crippen LogP contribution is -2.47. The van der Waals surface area contributed by atoms with Gasteiger partial charge in [0.2, 0.25) is 0 Å². The van der Waals surface area contributed by atoms with E-state index in [2.05, 4.69) is 12.2 Å². The average Bonchev–Trinajstić information content (AvgIpc) is 2.67. The zero-order valence-corrected chi connectivity index (χ0v) is 10.8. The third kappa shape index (κ3) is 2.07. The fourth-order valence-electron chi connectivity index (χ4n) is 1.99. The number of H-pyrrole nitrogens is 1. The molecule has 1 aromatic heterocycles. The Kier molecular flexibility index (Phi) is 3.77. The SMILES string of the molecule is C#C[C@@]1(O)C(O)[C@@H](CO)O[C@H]1n1cc(F)c(=S)[nH]c1=O. The number of nitrogens with one attached hydrogen (secondary N) is 1. The van der Waals surface area contributed by atoms with Gasteiger partial charge in [-0.2, -0.15) is 0 Å². The van der Waals surface area contributed by atoms with Gasteiger partial charge in [-0.25, -0.2) is 9.18 Å². The molecule has 108 valence electrons. The van der Waals surface area contributed by atoms with Crippen LogP contribution in [0.1, 0.15) is 6.23 Å². The number of halogens is 1. The number of hydrogen-bond acceptors (Lipinski definition) is 6.